The number of rotatable bonds is 4. The van der Waals surface area contributed by atoms with E-state index in [0.29, 0.717) is 23.1 Å². The molecule has 4 rings (SSSR count). The molecule has 0 fully saturated rings. The van der Waals surface area contributed by atoms with Crippen LogP contribution in [0, 0.1) is 0 Å². The number of amides is 2. The molecule has 0 atom stereocenters. The van der Waals surface area contributed by atoms with Crippen molar-refractivity contribution in [2.24, 2.45) is 0 Å². The first-order valence-electron chi connectivity index (χ1n) is 8.88. The molecule has 1 heterocycles. The molecule has 0 bridgehead atoms. The fourth-order valence-electron chi connectivity index (χ4n) is 3.61. The van der Waals surface area contributed by atoms with E-state index >= 15 is 0 Å². The Bertz CT molecular complexity index is 1590. The van der Waals surface area contributed by atoms with Crippen molar-refractivity contribution in [1.29, 1.82) is 0 Å². The number of nitrogens with zero attached hydrogens (tertiary/aromatic N) is 1. The van der Waals surface area contributed by atoms with Crippen LogP contribution in [0.4, 0.5) is 11.4 Å². The van der Waals surface area contributed by atoms with Gasteiger partial charge in [0.05, 0.1) is 32.3 Å². The Morgan fingerprint density at radius 3 is 1.94 bits per heavy atom. The fraction of sp³-hybridized carbons (Fsp3) is 0. The Hall–Kier alpha value is -0.0623. The van der Waals surface area contributed by atoms with E-state index in [1.807, 2.05) is 0 Å². The van der Waals surface area contributed by atoms with Gasteiger partial charge in [0.25, 0.3) is 11.8 Å². The van der Waals surface area contributed by atoms with E-state index in [1.54, 1.807) is 0 Å². The van der Waals surface area contributed by atoms with Crippen molar-refractivity contribution in [2.75, 3.05) is 10.6 Å². The predicted molar refractivity (Wildman–Crippen MR) is 112 cm³/mol. The summed E-state index contributed by atoms with van der Waals surface area (Å²) in [7, 11) is -12.4. The van der Waals surface area contributed by atoms with Gasteiger partial charge in [-0.2, -0.15) is 0 Å². The fourth-order valence-corrected chi connectivity index (χ4v) is 4.78. The van der Waals surface area contributed by atoms with Gasteiger partial charge in [0.15, 0.2) is 0 Å². The summed E-state index contributed by atoms with van der Waals surface area (Å²) in [5.74, 6) is -2.19. The zero-order chi connectivity index (χ0) is 24.5. The van der Waals surface area contributed by atoms with Gasteiger partial charge in [0.2, 0.25) is 0 Å². The number of carbonyl (C=O) groups excluding carboxylic acids is 2. The van der Waals surface area contributed by atoms with E-state index in [-0.39, 0.29) is 119 Å². The summed E-state index contributed by atoms with van der Waals surface area (Å²) in [6.07, 6.45) is 0. The molecule has 0 aliphatic carbocycles. The first-order chi connectivity index (χ1) is 15.2. The van der Waals surface area contributed by atoms with Crippen molar-refractivity contribution in [3.05, 3.63) is 53.6 Å². The van der Waals surface area contributed by atoms with Gasteiger partial charge in [-0.15, -0.1) is 0 Å². The maximum atomic E-state index is 13.2. The molecule has 170 valence electrons. The Morgan fingerprint density at radius 2 is 1.43 bits per heavy atom. The summed E-state index contributed by atoms with van der Waals surface area (Å²) >= 11 is 0. The van der Waals surface area contributed by atoms with Crippen molar-refractivity contribution >= 4 is 66.8 Å². The van der Waals surface area contributed by atoms with Crippen molar-refractivity contribution in [3.8, 4) is 0 Å². The summed E-state index contributed by atoms with van der Waals surface area (Å²) in [5, 5.41) is 18.1. The molecule has 0 aromatic heterocycles. The smallest absolute Gasteiger partial charge is 0.744 e. The largest absolute Gasteiger partial charge is 1.00 e. The van der Waals surface area contributed by atoms with Crippen molar-refractivity contribution in [3.63, 3.8) is 0 Å². The van der Waals surface area contributed by atoms with E-state index in [9.17, 15) is 45.6 Å². The molecule has 1 aliphatic rings. The minimum atomic E-state index is -5.26. The van der Waals surface area contributed by atoms with E-state index in [2.05, 4.69) is 0 Å². The molecule has 12 nitrogen and oxygen atoms in total. The van der Waals surface area contributed by atoms with Crippen LogP contribution >= 0.6 is 0 Å². The van der Waals surface area contributed by atoms with Gasteiger partial charge in [-0.25, -0.2) is 21.7 Å². The second-order valence-corrected chi connectivity index (χ2v) is 9.78. The first kappa shape index (κ1) is 31.2. The normalized spacial score (nSPS) is 13.3. The number of imide groups is 1. The molecule has 0 radical (unpaired) electrons. The van der Waals surface area contributed by atoms with Crippen LogP contribution in [0.3, 0.4) is 0 Å². The van der Waals surface area contributed by atoms with Gasteiger partial charge in [0, 0.05) is 10.8 Å². The van der Waals surface area contributed by atoms with Gasteiger partial charge in [0.1, 0.15) is 20.2 Å². The van der Waals surface area contributed by atoms with Gasteiger partial charge in [-0.1, -0.05) is 12.1 Å². The van der Waals surface area contributed by atoms with E-state index < -0.39 is 71.2 Å². The topological polar surface area (TPSA) is 218 Å². The van der Waals surface area contributed by atoms with Gasteiger partial charge in [-0.05, 0) is 35.8 Å². The second kappa shape index (κ2) is 11.0. The van der Waals surface area contributed by atoms with Crippen LogP contribution in [0.2, 0.25) is 0 Å². The molecule has 17 heteroatoms. The third kappa shape index (κ3) is 5.70. The molecule has 1 aliphatic heterocycles. The number of nitrogen functional groups attached to an aromatic ring is 1. The molecule has 3 aromatic carbocycles. The summed E-state index contributed by atoms with van der Waals surface area (Å²) in [5.41, 5.74) is 3.83. The number of carbonyl (C=O) groups is 2. The third-order valence-corrected chi connectivity index (χ3v) is 6.75. The number of benzene rings is 3. The summed E-state index contributed by atoms with van der Waals surface area (Å²) < 4.78 is 70.2. The number of hydrogen-bond donors (Lipinski definition) is 3. The van der Waals surface area contributed by atoms with Crippen molar-refractivity contribution < 1.29 is 148 Å². The Balaban J connectivity index is 0.00000216. The number of hydrogen-bond acceptors (Lipinski definition) is 11. The molecule has 2 amide bonds. The quantitative estimate of drug-likeness (QED) is 0.116. The maximum Gasteiger partial charge on any atom is 1.00 e. The monoisotopic (exact) mass is 568 g/mol. The summed E-state index contributed by atoms with van der Waals surface area (Å²) in [6.45, 7) is 0. The molecular formula is C18H11BK2N2O10S2. The minimum absolute atomic E-state index is 0. The number of anilines is 2. The SMILES string of the molecule is Nc1c(S(=O)(=O)[O-])cc2c3c(cc(S(=O)(=O)[O-])cc13)C(=O)N(c1cccc(B(O)O)c1)C2=O.[K+].[K+]. The molecule has 35 heavy (non-hydrogen) atoms. The van der Waals surface area contributed by atoms with E-state index in [1.165, 1.54) is 18.2 Å². The van der Waals surface area contributed by atoms with Gasteiger partial charge >= 0.3 is 110 Å². The summed E-state index contributed by atoms with van der Waals surface area (Å²) in [4.78, 5) is 25.0. The van der Waals surface area contributed by atoms with Crippen LogP contribution < -0.4 is 119 Å². The number of nitrogens with two attached hydrogens (primary N) is 1. The molecular weight excluding hydrogens is 557 g/mol. The Labute approximate surface area is 284 Å². The van der Waals surface area contributed by atoms with Gasteiger partial charge < -0.3 is 24.9 Å². The molecule has 0 saturated carbocycles. The molecule has 0 saturated heterocycles. The van der Waals surface area contributed by atoms with Crippen LogP contribution in [-0.4, -0.2) is 54.9 Å². The van der Waals surface area contributed by atoms with Crippen LogP contribution in [0.1, 0.15) is 20.7 Å². The zero-order valence-corrected chi connectivity index (χ0v) is 26.0. The van der Waals surface area contributed by atoms with Gasteiger partial charge in [-0.3, -0.25) is 9.59 Å². The average Bonchev–Trinajstić information content (AvgIpc) is 2.71. The maximum absolute atomic E-state index is 13.2. The Morgan fingerprint density at radius 1 is 0.857 bits per heavy atom. The Kier molecular flexibility index (Phi) is 9.76. The molecule has 0 unspecified atom stereocenters. The van der Waals surface area contributed by atoms with Crippen molar-refractivity contribution in [2.45, 2.75) is 9.79 Å². The molecule has 3 aromatic rings. The molecule has 4 N–H and O–H groups in total. The van der Waals surface area contributed by atoms with E-state index in [4.69, 9.17) is 5.73 Å². The second-order valence-electron chi connectivity index (χ2n) is 7.05. The predicted octanol–water partition coefficient (Wildman–Crippen LogP) is -7.28. The summed E-state index contributed by atoms with van der Waals surface area (Å²) in [6, 6.07) is 6.98. The first-order valence-corrected chi connectivity index (χ1v) is 11.7. The van der Waals surface area contributed by atoms with Crippen LogP contribution in [0.5, 0.6) is 0 Å². The van der Waals surface area contributed by atoms with Crippen LogP contribution in [0.25, 0.3) is 10.8 Å². The average molecular weight is 568 g/mol. The third-order valence-electron chi connectivity index (χ3n) is 5.06. The van der Waals surface area contributed by atoms with Crippen LogP contribution in [-0.2, 0) is 20.2 Å². The van der Waals surface area contributed by atoms with E-state index in [0.717, 1.165) is 6.07 Å². The standard InChI is InChI=1S/C18H13BN2O10S2.2K/c20-16-11-5-10(32(26,27)28)6-12-15(11)13(7-14(16)33(29,30)31)18(23)21(17(12)22)9-3-1-2-8(4-9)19(24)25;;/h1-7,24-25H,20H2,(H,26,27,28)(H,29,30,31);;/q;2*+1/p-2. The van der Waals surface area contributed by atoms with Crippen LogP contribution in [0.15, 0.2) is 52.3 Å². The zero-order valence-electron chi connectivity index (χ0n) is 18.1. The van der Waals surface area contributed by atoms with Crippen molar-refractivity contribution in [1.82, 2.24) is 0 Å². The minimum Gasteiger partial charge on any atom is -0.744 e. The molecule has 0 spiro atoms.